The maximum absolute atomic E-state index is 10.8. The van der Waals surface area contributed by atoms with E-state index in [2.05, 4.69) is 91.4 Å². The molecule has 0 radical (unpaired) electrons. The largest absolute Gasteiger partial charge is 0.507 e. The molecule has 130 valence electrons. The van der Waals surface area contributed by atoms with E-state index >= 15 is 0 Å². The predicted octanol–water partition coefficient (Wildman–Crippen LogP) is 6.39. The van der Waals surface area contributed by atoms with Crippen LogP contribution in [0, 0.1) is 6.92 Å². The van der Waals surface area contributed by atoms with E-state index in [4.69, 9.17) is 0 Å². The number of hydrogen-bond acceptors (Lipinski definition) is 2. The summed E-state index contributed by atoms with van der Waals surface area (Å²) >= 11 is 4.41. The van der Waals surface area contributed by atoms with Gasteiger partial charge in [0.1, 0.15) is 5.75 Å². The maximum Gasteiger partial charge on any atom is 0.127 e. The Hall–Kier alpha value is -1.41. The van der Waals surface area contributed by atoms with Crippen molar-refractivity contribution in [3.8, 4) is 16.9 Å². The summed E-state index contributed by atoms with van der Waals surface area (Å²) in [4.78, 5) is 0. The van der Waals surface area contributed by atoms with Crippen LogP contribution in [0.15, 0.2) is 30.3 Å². The van der Waals surface area contributed by atoms with Crippen molar-refractivity contribution in [2.75, 3.05) is 0 Å². The summed E-state index contributed by atoms with van der Waals surface area (Å²) < 4.78 is 0. The molecule has 0 aliphatic rings. The maximum atomic E-state index is 10.8. The standard InChI is InChI=1S/C22H30OS/c1-14-8-15(10-17(9-14)21(2,3)4)19-12-18(22(5,6)7)11-16(13-24)20(19)23/h8-12,23-24H,13H2,1-7H3. The van der Waals surface area contributed by atoms with Gasteiger partial charge >= 0.3 is 0 Å². The summed E-state index contributed by atoms with van der Waals surface area (Å²) in [5.74, 6) is 0.879. The van der Waals surface area contributed by atoms with E-state index in [1.165, 1.54) is 16.7 Å². The van der Waals surface area contributed by atoms with Gasteiger partial charge in [0.05, 0.1) is 0 Å². The zero-order valence-corrected chi connectivity index (χ0v) is 16.9. The van der Waals surface area contributed by atoms with E-state index in [0.29, 0.717) is 11.5 Å². The van der Waals surface area contributed by atoms with Crippen molar-refractivity contribution in [2.45, 2.75) is 65.0 Å². The van der Waals surface area contributed by atoms with Crippen LogP contribution >= 0.6 is 12.6 Å². The SMILES string of the molecule is Cc1cc(-c2cc(C(C)(C)C)cc(CS)c2O)cc(C(C)(C)C)c1. The molecule has 0 aliphatic carbocycles. The van der Waals surface area contributed by atoms with E-state index < -0.39 is 0 Å². The number of phenols is 1. The molecule has 0 atom stereocenters. The van der Waals surface area contributed by atoms with Gasteiger partial charge in [-0.05, 0) is 40.5 Å². The number of aromatic hydroxyl groups is 1. The number of hydrogen-bond donors (Lipinski definition) is 2. The second-order valence-electron chi connectivity index (χ2n) is 8.78. The van der Waals surface area contributed by atoms with Crippen LogP contribution in [-0.2, 0) is 16.6 Å². The van der Waals surface area contributed by atoms with Crippen molar-refractivity contribution in [2.24, 2.45) is 0 Å². The van der Waals surface area contributed by atoms with E-state index in [9.17, 15) is 5.11 Å². The second-order valence-corrected chi connectivity index (χ2v) is 9.09. The molecule has 24 heavy (non-hydrogen) atoms. The third-order valence-corrected chi connectivity index (χ3v) is 4.82. The van der Waals surface area contributed by atoms with Gasteiger partial charge < -0.3 is 5.11 Å². The minimum absolute atomic E-state index is 0.0246. The Morgan fingerprint density at radius 3 is 1.88 bits per heavy atom. The zero-order chi connectivity index (χ0) is 18.3. The highest BCUT2D eigenvalue weighted by molar-refractivity contribution is 7.79. The normalized spacial score (nSPS) is 12.5. The van der Waals surface area contributed by atoms with E-state index in [1.54, 1.807) is 0 Å². The molecule has 0 aliphatic heterocycles. The van der Waals surface area contributed by atoms with Crippen LogP contribution in [-0.4, -0.2) is 5.11 Å². The lowest BCUT2D eigenvalue weighted by Crippen LogP contribution is -2.12. The lowest BCUT2D eigenvalue weighted by Gasteiger charge is -2.24. The molecule has 1 N–H and O–H groups in total. The third kappa shape index (κ3) is 3.97. The second kappa shape index (κ2) is 6.48. The molecule has 2 aromatic rings. The highest BCUT2D eigenvalue weighted by Crippen LogP contribution is 2.39. The monoisotopic (exact) mass is 342 g/mol. The molecular formula is C22H30OS. The van der Waals surface area contributed by atoms with Gasteiger partial charge in [0, 0.05) is 16.9 Å². The molecule has 0 saturated heterocycles. The Morgan fingerprint density at radius 2 is 1.38 bits per heavy atom. The highest BCUT2D eigenvalue weighted by atomic mass is 32.1. The number of aryl methyl sites for hydroxylation is 1. The topological polar surface area (TPSA) is 20.2 Å². The van der Waals surface area contributed by atoms with Crippen LogP contribution in [0.25, 0.3) is 11.1 Å². The summed E-state index contributed by atoms with van der Waals surface area (Å²) in [5.41, 5.74) is 6.68. The molecule has 0 bridgehead atoms. The number of phenolic OH excluding ortho intramolecular Hbond substituents is 1. The Labute approximate surface area is 152 Å². The van der Waals surface area contributed by atoms with Gasteiger partial charge in [-0.3, -0.25) is 0 Å². The summed E-state index contributed by atoms with van der Waals surface area (Å²) in [6.07, 6.45) is 0. The van der Waals surface area contributed by atoms with Crippen LogP contribution < -0.4 is 0 Å². The Bertz CT molecular complexity index is 746. The predicted molar refractivity (Wildman–Crippen MR) is 108 cm³/mol. The fourth-order valence-corrected chi connectivity index (χ4v) is 3.08. The van der Waals surface area contributed by atoms with Crippen LogP contribution in [0.3, 0.4) is 0 Å². The molecule has 0 unspecified atom stereocenters. The molecule has 0 amide bonds. The van der Waals surface area contributed by atoms with Gasteiger partial charge in [-0.1, -0.05) is 71.4 Å². The van der Waals surface area contributed by atoms with Gasteiger partial charge in [0.25, 0.3) is 0 Å². The van der Waals surface area contributed by atoms with Gasteiger partial charge in [0.2, 0.25) is 0 Å². The minimum atomic E-state index is 0.0246. The molecule has 2 heteroatoms. The number of thiol groups is 1. The van der Waals surface area contributed by atoms with Gasteiger partial charge in [-0.2, -0.15) is 12.6 Å². The quantitative estimate of drug-likeness (QED) is 0.606. The van der Waals surface area contributed by atoms with Gasteiger partial charge in [0.15, 0.2) is 0 Å². The highest BCUT2D eigenvalue weighted by Gasteiger charge is 2.21. The summed E-state index contributed by atoms with van der Waals surface area (Å²) in [6, 6.07) is 10.8. The first kappa shape index (κ1) is 18.9. The van der Waals surface area contributed by atoms with E-state index in [-0.39, 0.29) is 10.8 Å². The number of rotatable bonds is 2. The Balaban J connectivity index is 2.74. The summed E-state index contributed by atoms with van der Waals surface area (Å²) in [5, 5.41) is 10.8. The lowest BCUT2D eigenvalue weighted by molar-refractivity contribution is 0.471. The molecule has 0 spiro atoms. The summed E-state index contributed by atoms with van der Waals surface area (Å²) in [6.45, 7) is 15.4. The lowest BCUT2D eigenvalue weighted by atomic mass is 9.81. The Morgan fingerprint density at radius 1 is 0.833 bits per heavy atom. The van der Waals surface area contributed by atoms with Crippen molar-refractivity contribution < 1.29 is 5.11 Å². The van der Waals surface area contributed by atoms with Crippen molar-refractivity contribution in [1.82, 2.24) is 0 Å². The molecule has 1 nitrogen and oxygen atoms in total. The van der Waals surface area contributed by atoms with Crippen LogP contribution in [0.5, 0.6) is 5.75 Å². The fourth-order valence-electron chi connectivity index (χ4n) is 2.84. The molecule has 0 saturated carbocycles. The van der Waals surface area contributed by atoms with Crippen LogP contribution in [0.4, 0.5) is 0 Å². The molecule has 2 rings (SSSR count). The Kier molecular flexibility index (Phi) is 5.11. The fraction of sp³-hybridized carbons (Fsp3) is 0.455. The van der Waals surface area contributed by atoms with Crippen molar-refractivity contribution in [1.29, 1.82) is 0 Å². The van der Waals surface area contributed by atoms with Crippen LogP contribution in [0.2, 0.25) is 0 Å². The van der Waals surface area contributed by atoms with Crippen molar-refractivity contribution in [3.63, 3.8) is 0 Å². The van der Waals surface area contributed by atoms with Gasteiger partial charge in [-0.15, -0.1) is 0 Å². The number of benzene rings is 2. The first-order valence-corrected chi connectivity index (χ1v) is 9.16. The first-order valence-electron chi connectivity index (χ1n) is 8.53. The smallest absolute Gasteiger partial charge is 0.127 e. The summed E-state index contributed by atoms with van der Waals surface area (Å²) in [7, 11) is 0. The van der Waals surface area contributed by atoms with Crippen molar-refractivity contribution in [3.05, 3.63) is 52.6 Å². The third-order valence-electron chi connectivity index (χ3n) is 4.48. The molecule has 0 aromatic heterocycles. The minimum Gasteiger partial charge on any atom is -0.507 e. The average Bonchev–Trinajstić information content (AvgIpc) is 2.44. The van der Waals surface area contributed by atoms with Gasteiger partial charge in [-0.25, -0.2) is 0 Å². The molecular weight excluding hydrogens is 312 g/mol. The molecule has 0 heterocycles. The van der Waals surface area contributed by atoms with E-state index in [0.717, 1.165) is 16.7 Å². The molecule has 2 aromatic carbocycles. The van der Waals surface area contributed by atoms with Crippen LogP contribution in [0.1, 0.15) is 63.8 Å². The zero-order valence-electron chi connectivity index (χ0n) is 16.0. The average molecular weight is 343 g/mol. The molecule has 0 fully saturated rings. The van der Waals surface area contributed by atoms with E-state index in [1.807, 2.05) is 0 Å². The first-order chi connectivity index (χ1) is 10.9. The van der Waals surface area contributed by atoms with Crippen molar-refractivity contribution >= 4 is 12.6 Å².